The highest BCUT2D eigenvalue weighted by Crippen LogP contribution is 2.41. The maximum absolute atomic E-state index is 12.7. The molecule has 158 valence electrons. The van der Waals surface area contributed by atoms with E-state index in [1.807, 2.05) is 6.07 Å². The molecule has 4 aliphatic rings. The van der Waals surface area contributed by atoms with Crippen molar-refractivity contribution in [3.05, 3.63) is 18.2 Å². The summed E-state index contributed by atoms with van der Waals surface area (Å²) in [7, 11) is 2.22. The number of carbonyl (C=O) groups excluding carboxylic acids is 1. The summed E-state index contributed by atoms with van der Waals surface area (Å²) >= 11 is 0. The number of aromatic nitrogens is 1. The van der Waals surface area contributed by atoms with Crippen LogP contribution in [-0.4, -0.2) is 72.0 Å². The maximum Gasteiger partial charge on any atom is 0.228 e. The first-order valence-electron chi connectivity index (χ1n) is 11.7. The number of likely N-dealkylation sites (tertiary alicyclic amines) is 1. The first-order valence-corrected chi connectivity index (χ1v) is 11.7. The largest absolute Gasteiger partial charge is 0.352 e. The predicted molar refractivity (Wildman–Crippen MR) is 116 cm³/mol. The van der Waals surface area contributed by atoms with E-state index in [1.54, 1.807) is 0 Å². The van der Waals surface area contributed by atoms with Crippen LogP contribution in [0.2, 0.25) is 0 Å². The third kappa shape index (κ3) is 4.15. The Morgan fingerprint density at radius 2 is 1.86 bits per heavy atom. The summed E-state index contributed by atoms with van der Waals surface area (Å²) in [5, 5.41) is 3.12. The first kappa shape index (κ1) is 19.3. The fraction of sp³-hybridized carbons (Fsp3) is 0.739. The summed E-state index contributed by atoms with van der Waals surface area (Å²) < 4.78 is 0. The Hall–Kier alpha value is -1.66. The monoisotopic (exact) mass is 397 g/mol. The molecular weight excluding hydrogens is 362 g/mol. The number of amides is 1. The van der Waals surface area contributed by atoms with Crippen LogP contribution >= 0.6 is 0 Å². The fourth-order valence-electron chi connectivity index (χ4n) is 5.59. The molecule has 0 spiro atoms. The maximum atomic E-state index is 12.7. The van der Waals surface area contributed by atoms with E-state index in [9.17, 15) is 4.79 Å². The summed E-state index contributed by atoms with van der Waals surface area (Å²) in [6.07, 6.45) is 9.39. The molecule has 1 aromatic rings. The van der Waals surface area contributed by atoms with Gasteiger partial charge in [-0.2, -0.15) is 0 Å². The van der Waals surface area contributed by atoms with E-state index in [1.165, 1.54) is 45.1 Å². The van der Waals surface area contributed by atoms with Gasteiger partial charge in [-0.25, -0.2) is 4.98 Å². The predicted octanol–water partition coefficient (Wildman–Crippen LogP) is 2.96. The number of fused-ring (bicyclic) bond motifs is 1. The van der Waals surface area contributed by atoms with Gasteiger partial charge in [0, 0.05) is 37.1 Å². The highest BCUT2D eigenvalue weighted by Gasteiger charge is 2.54. The molecule has 3 saturated heterocycles. The Kier molecular flexibility index (Phi) is 5.48. The Balaban J connectivity index is 1.30. The Morgan fingerprint density at radius 3 is 2.55 bits per heavy atom. The number of pyridine rings is 1. The number of piperidine rings is 1. The summed E-state index contributed by atoms with van der Waals surface area (Å²) in [6.45, 7) is 4.64. The van der Waals surface area contributed by atoms with Crippen LogP contribution < -0.4 is 10.2 Å². The molecule has 29 heavy (non-hydrogen) atoms. The average molecular weight is 398 g/mol. The van der Waals surface area contributed by atoms with Crippen molar-refractivity contribution in [3.63, 3.8) is 0 Å². The zero-order valence-electron chi connectivity index (χ0n) is 17.7. The van der Waals surface area contributed by atoms with Gasteiger partial charge in [0.25, 0.3) is 0 Å². The summed E-state index contributed by atoms with van der Waals surface area (Å²) in [5.74, 6) is 2.07. The second-order valence-corrected chi connectivity index (χ2v) is 9.55. The van der Waals surface area contributed by atoms with Crippen LogP contribution in [0.25, 0.3) is 0 Å². The third-order valence-electron chi connectivity index (χ3n) is 7.66. The molecule has 4 fully saturated rings. The zero-order chi connectivity index (χ0) is 19.8. The highest BCUT2D eigenvalue weighted by molar-refractivity contribution is 5.91. The third-order valence-corrected chi connectivity index (χ3v) is 7.66. The van der Waals surface area contributed by atoms with Crippen LogP contribution in [0.1, 0.15) is 51.4 Å². The van der Waals surface area contributed by atoms with E-state index in [-0.39, 0.29) is 11.8 Å². The summed E-state index contributed by atoms with van der Waals surface area (Å²) in [4.78, 5) is 25.2. The molecule has 3 atom stereocenters. The van der Waals surface area contributed by atoms with Gasteiger partial charge in [0.1, 0.15) is 11.6 Å². The van der Waals surface area contributed by atoms with Crippen molar-refractivity contribution >= 4 is 17.5 Å². The molecule has 3 aliphatic heterocycles. The van der Waals surface area contributed by atoms with Crippen molar-refractivity contribution in [3.8, 4) is 0 Å². The highest BCUT2D eigenvalue weighted by atomic mass is 16.1. The van der Waals surface area contributed by atoms with Gasteiger partial charge in [0.05, 0.1) is 0 Å². The number of nitrogens with zero attached hydrogens (tertiary/aromatic N) is 4. The number of anilines is 2. The van der Waals surface area contributed by atoms with Gasteiger partial charge in [-0.1, -0.05) is 25.3 Å². The van der Waals surface area contributed by atoms with Gasteiger partial charge in [-0.05, 0) is 64.4 Å². The molecule has 5 rings (SSSR count). The molecule has 3 unspecified atom stereocenters. The number of rotatable bonds is 6. The minimum atomic E-state index is 0.159. The van der Waals surface area contributed by atoms with E-state index >= 15 is 0 Å². The Bertz CT molecular complexity index is 716. The van der Waals surface area contributed by atoms with E-state index in [0.717, 1.165) is 50.2 Å². The lowest BCUT2D eigenvalue weighted by Crippen LogP contribution is -2.46. The van der Waals surface area contributed by atoms with Crippen molar-refractivity contribution in [2.45, 2.75) is 69.5 Å². The van der Waals surface area contributed by atoms with Crippen molar-refractivity contribution in [2.75, 3.05) is 43.4 Å². The van der Waals surface area contributed by atoms with Gasteiger partial charge in [0.15, 0.2) is 0 Å². The average Bonchev–Trinajstić information content (AvgIpc) is 3.25. The van der Waals surface area contributed by atoms with E-state index in [2.05, 4.69) is 39.2 Å². The number of hydrogen-bond acceptors (Lipinski definition) is 5. The topological polar surface area (TPSA) is 51.5 Å². The Morgan fingerprint density at radius 1 is 1.10 bits per heavy atom. The molecular formula is C23H35N5O. The van der Waals surface area contributed by atoms with Gasteiger partial charge >= 0.3 is 0 Å². The molecule has 1 aromatic heterocycles. The van der Waals surface area contributed by atoms with Crippen LogP contribution in [0.5, 0.6) is 0 Å². The summed E-state index contributed by atoms with van der Waals surface area (Å²) in [6, 6.07) is 8.21. The van der Waals surface area contributed by atoms with E-state index in [4.69, 9.17) is 4.98 Å². The number of hydrogen-bond donors (Lipinski definition) is 1. The molecule has 1 N–H and O–H groups in total. The molecule has 0 bridgehead atoms. The molecule has 4 heterocycles. The standard InChI is InChI=1S/C23H35N5O/c1-26-13-10-18(11-14-26)28(16-20-19-12-15-27(19)20)22-9-5-8-21(24-22)25-23(29)17-6-3-2-4-7-17/h5,8-9,17-20H,2-4,6-7,10-16H2,1H3,(H,24,25,29). The smallest absolute Gasteiger partial charge is 0.228 e. The zero-order valence-corrected chi connectivity index (χ0v) is 17.7. The van der Waals surface area contributed by atoms with Crippen LogP contribution in [-0.2, 0) is 4.79 Å². The van der Waals surface area contributed by atoms with Crippen LogP contribution in [0, 0.1) is 5.92 Å². The lowest BCUT2D eigenvalue weighted by Gasteiger charge is -2.38. The van der Waals surface area contributed by atoms with Gasteiger partial charge in [0.2, 0.25) is 5.91 Å². The van der Waals surface area contributed by atoms with Gasteiger partial charge in [-0.15, -0.1) is 0 Å². The summed E-state index contributed by atoms with van der Waals surface area (Å²) in [5.41, 5.74) is 0. The lowest BCUT2D eigenvalue weighted by molar-refractivity contribution is -0.120. The SMILES string of the molecule is CN1CCC(N(CC2C3CCN32)c2cccc(NC(=O)C3CCCCC3)n2)CC1. The Labute approximate surface area is 174 Å². The van der Waals surface area contributed by atoms with Gasteiger partial charge in [-0.3, -0.25) is 9.69 Å². The fourth-order valence-corrected chi connectivity index (χ4v) is 5.59. The molecule has 6 nitrogen and oxygen atoms in total. The van der Waals surface area contributed by atoms with Crippen LogP contribution in [0.3, 0.4) is 0 Å². The van der Waals surface area contributed by atoms with Crippen molar-refractivity contribution < 1.29 is 4.79 Å². The molecule has 6 heteroatoms. The molecule has 0 radical (unpaired) electrons. The molecule has 1 aliphatic carbocycles. The number of nitrogens with one attached hydrogen (secondary N) is 1. The van der Waals surface area contributed by atoms with Crippen LogP contribution in [0.15, 0.2) is 18.2 Å². The quantitative estimate of drug-likeness (QED) is 0.748. The first-order chi connectivity index (χ1) is 14.2. The van der Waals surface area contributed by atoms with E-state index in [0.29, 0.717) is 12.1 Å². The van der Waals surface area contributed by atoms with Gasteiger partial charge < -0.3 is 15.1 Å². The minimum Gasteiger partial charge on any atom is -0.352 e. The molecule has 1 amide bonds. The minimum absolute atomic E-state index is 0.159. The normalized spacial score (nSPS) is 30.3. The van der Waals surface area contributed by atoms with Crippen molar-refractivity contribution in [1.29, 1.82) is 0 Å². The van der Waals surface area contributed by atoms with Crippen molar-refractivity contribution in [2.24, 2.45) is 5.92 Å². The lowest BCUT2D eigenvalue weighted by atomic mass is 9.89. The molecule has 1 saturated carbocycles. The van der Waals surface area contributed by atoms with Crippen molar-refractivity contribution in [1.82, 2.24) is 14.8 Å². The number of carbonyl (C=O) groups is 1. The second kappa shape index (κ2) is 8.23. The molecule has 0 aromatic carbocycles. The second-order valence-electron chi connectivity index (χ2n) is 9.55. The van der Waals surface area contributed by atoms with E-state index < -0.39 is 0 Å². The van der Waals surface area contributed by atoms with Crippen LogP contribution in [0.4, 0.5) is 11.6 Å².